The maximum absolute atomic E-state index is 13.9. The molecule has 3 aromatic carbocycles. The molecule has 0 unspecified atom stereocenters. The average molecular weight is 590 g/mol. The van der Waals surface area contributed by atoms with Gasteiger partial charge < -0.3 is 35.5 Å². The summed E-state index contributed by atoms with van der Waals surface area (Å²) in [7, 11) is 1.40. The van der Waals surface area contributed by atoms with Crippen LogP contribution in [0.5, 0.6) is 11.5 Å². The van der Waals surface area contributed by atoms with Gasteiger partial charge in [-0.3, -0.25) is 9.59 Å². The third-order valence-electron chi connectivity index (χ3n) is 7.17. The zero-order chi connectivity index (χ0) is 31.5. The van der Waals surface area contributed by atoms with Gasteiger partial charge in [0, 0.05) is 12.1 Å². The van der Waals surface area contributed by atoms with Gasteiger partial charge in [0.25, 0.3) is 0 Å². The van der Waals surface area contributed by atoms with E-state index in [9.17, 15) is 19.6 Å². The lowest BCUT2D eigenvalue weighted by molar-refractivity contribution is -0.130. The lowest BCUT2D eigenvalue weighted by Crippen LogP contribution is -2.57. The SMILES string of the molecule is COc1ccc(C[C@H](Nc2cccc(-c3ccccc3)c2)C(=O)N[C@H](C(=O)N[C@H](CC(C)C)B(O)O)C(C)C)cc1OC. The fourth-order valence-corrected chi connectivity index (χ4v) is 4.90. The Morgan fingerprint density at radius 3 is 2.07 bits per heavy atom. The van der Waals surface area contributed by atoms with Gasteiger partial charge in [-0.1, -0.05) is 76.2 Å². The molecular formula is C33H44BN3O6. The molecule has 0 bridgehead atoms. The number of amides is 2. The molecule has 3 aromatic rings. The Morgan fingerprint density at radius 2 is 1.47 bits per heavy atom. The normalized spacial score (nSPS) is 13.2. The third-order valence-corrected chi connectivity index (χ3v) is 7.17. The van der Waals surface area contributed by atoms with E-state index in [0.717, 1.165) is 22.4 Å². The molecule has 10 heteroatoms. The highest BCUT2D eigenvalue weighted by Crippen LogP contribution is 2.29. The van der Waals surface area contributed by atoms with Crippen LogP contribution < -0.4 is 25.4 Å². The summed E-state index contributed by atoms with van der Waals surface area (Å²) in [5, 5.41) is 28.7. The highest BCUT2D eigenvalue weighted by molar-refractivity contribution is 6.43. The van der Waals surface area contributed by atoms with E-state index in [-0.39, 0.29) is 17.7 Å². The molecule has 0 fully saturated rings. The van der Waals surface area contributed by atoms with Crippen molar-refractivity contribution in [2.45, 2.75) is 58.6 Å². The van der Waals surface area contributed by atoms with E-state index in [0.29, 0.717) is 24.3 Å². The fraction of sp³-hybridized carbons (Fsp3) is 0.394. The summed E-state index contributed by atoms with van der Waals surface area (Å²) in [5.74, 6) is -0.717. The molecule has 9 nitrogen and oxygen atoms in total. The minimum Gasteiger partial charge on any atom is -0.493 e. The van der Waals surface area contributed by atoms with Crippen molar-refractivity contribution < 1.29 is 29.1 Å². The van der Waals surface area contributed by atoms with E-state index < -0.39 is 31.1 Å². The zero-order valence-corrected chi connectivity index (χ0v) is 25.8. The number of hydrogen-bond acceptors (Lipinski definition) is 7. The van der Waals surface area contributed by atoms with Crippen molar-refractivity contribution in [3.8, 4) is 22.6 Å². The van der Waals surface area contributed by atoms with Crippen molar-refractivity contribution in [3.63, 3.8) is 0 Å². The van der Waals surface area contributed by atoms with Crippen molar-refractivity contribution in [1.82, 2.24) is 10.6 Å². The van der Waals surface area contributed by atoms with Crippen LogP contribution in [0.2, 0.25) is 0 Å². The van der Waals surface area contributed by atoms with E-state index in [1.807, 2.05) is 94.4 Å². The smallest absolute Gasteiger partial charge is 0.475 e. The van der Waals surface area contributed by atoms with Crippen LogP contribution in [0.3, 0.4) is 0 Å². The highest BCUT2D eigenvalue weighted by atomic mass is 16.5. The van der Waals surface area contributed by atoms with Crippen LogP contribution in [0.15, 0.2) is 72.8 Å². The molecule has 3 rings (SSSR count). The fourth-order valence-electron chi connectivity index (χ4n) is 4.90. The summed E-state index contributed by atoms with van der Waals surface area (Å²) in [6, 6.07) is 21.6. The van der Waals surface area contributed by atoms with E-state index in [4.69, 9.17) is 9.47 Å². The van der Waals surface area contributed by atoms with Gasteiger partial charge in [0.2, 0.25) is 11.8 Å². The second-order valence-electron chi connectivity index (χ2n) is 11.4. The molecule has 0 saturated carbocycles. The topological polar surface area (TPSA) is 129 Å². The number of benzene rings is 3. The van der Waals surface area contributed by atoms with Crippen LogP contribution in [0.25, 0.3) is 11.1 Å². The standard InChI is InChI=1S/C33H44BN3O6/c1-21(2)17-30(34(40)41)36-33(39)31(22(3)4)37-32(38)27(18-23-15-16-28(42-5)29(19-23)43-6)35-26-14-10-13-25(20-26)24-11-8-7-9-12-24/h7-16,19-22,27,30-31,35,40-41H,17-18H2,1-6H3,(H,36,39)(H,37,38)/t27-,30+,31-/m0/s1. The molecule has 0 radical (unpaired) electrons. The van der Waals surface area contributed by atoms with Gasteiger partial charge in [-0.2, -0.15) is 0 Å². The number of carbonyl (C=O) groups is 2. The van der Waals surface area contributed by atoms with Gasteiger partial charge in [0.1, 0.15) is 12.1 Å². The van der Waals surface area contributed by atoms with Crippen molar-refractivity contribution >= 4 is 24.6 Å². The number of rotatable bonds is 15. The van der Waals surface area contributed by atoms with Crippen molar-refractivity contribution in [1.29, 1.82) is 0 Å². The van der Waals surface area contributed by atoms with Gasteiger partial charge in [-0.05, 0) is 59.2 Å². The Balaban J connectivity index is 1.90. The lowest BCUT2D eigenvalue weighted by Gasteiger charge is -2.28. The van der Waals surface area contributed by atoms with Crippen LogP contribution in [0.1, 0.15) is 39.7 Å². The maximum Gasteiger partial charge on any atom is 0.475 e. The summed E-state index contributed by atoms with van der Waals surface area (Å²) >= 11 is 0. The van der Waals surface area contributed by atoms with Crippen LogP contribution in [-0.2, 0) is 16.0 Å². The Hall–Kier alpha value is -4.02. The quantitative estimate of drug-likeness (QED) is 0.169. The van der Waals surface area contributed by atoms with Gasteiger partial charge in [0.15, 0.2) is 11.5 Å². The summed E-state index contributed by atoms with van der Waals surface area (Å²) in [6.07, 6.45) is 0.670. The van der Waals surface area contributed by atoms with Gasteiger partial charge in [-0.25, -0.2) is 0 Å². The molecular weight excluding hydrogens is 545 g/mol. The first-order valence-corrected chi connectivity index (χ1v) is 14.6. The summed E-state index contributed by atoms with van der Waals surface area (Å²) < 4.78 is 10.8. The minimum atomic E-state index is -1.72. The summed E-state index contributed by atoms with van der Waals surface area (Å²) in [5.41, 5.74) is 3.61. The summed E-state index contributed by atoms with van der Waals surface area (Å²) in [4.78, 5) is 27.2. The van der Waals surface area contributed by atoms with Crippen molar-refractivity contribution in [2.24, 2.45) is 11.8 Å². The Morgan fingerprint density at radius 1 is 0.791 bits per heavy atom. The monoisotopic (exact) mass is 589 g/mol. The molecule has 0 aromatic heterocycles. The highest BCUT2D eigenvalue weighted by Gasteiger charge is 2.33. The van der Waals surface area contributed by atoms with Crippen LogP contribution in [-0.4, -0.2) is 61.2 Å². The van der Waals surface area contributed by atoms with Gasteiger partial charge >= 0.3 is 7.12 Å². The second kappa shape index (κ2) is 16.0. The van der Waals surface area contributed by atoms with E-state index in [1.54, 1.807) is 20.3 Å². The Kier molecular flexibility index (Phi) is 12.5. The minimum absolute atomic E-state index is 0.126. The molecule has 2 amide bonds. The van der Waals surface area contributed by atoms with Crippen LogP contribution in [0, 0.1) is 11.8 Å². The van der Waals surface area contributed by atoms with Gasteiger partial charge in [0.05, 0.1) is 20.2 Å². The Labute approximate surface area is 255 Å². The first kappa shape index (κ1) is 33.5. The second-order valence-corrected chi connectivity index (χ2v) is 11.4. The third kappa shape index (κ3) is 9.76. The first-order chi connectivity index (χ1) is 20.5. The largest absolute Gasteiger partial charge is 0.493 e. The van der Waals surface area contributed by atoms with E-state index >= 15 is 0 Å². The van der Waals surface area contributed by atoms with E-state index in [2.05, 4.69) is 16.0 Å². The number of hydrogen-bond donors (Lipinski definition) is 5. The Bertz CT molecular complexity index is 1340. The molecule has 0 spiro atoms. The summed E-state index contributed by atoms with van der Waals surface area (Å²) in [6.45, 7) is 7.52. The zero-order valence-electron chi connectivity index (χ0n) is 25.8. The van der Waals surface area contributed by atoms with E-state index in [1.165, 1.54) is 0 Å². The molecule has 43 heavy (non-hydrogen) atoms. The average Bonchev–Trinajstić information content (AvgIpc) is 2.99. The molecule has 0 saturated heterocycles. The number of anilines is 1. The predicted octanol–water partition coefficient (Wildman–Crippen LogP) is 4.08. The number of carbonyl (C=O) groups excluding carboxylic acids is 2. The predicted molar refractivity (Wildman–Crippen MR) is 171 cm³/mol. The molecule has 0 aliphatic carbocycles. The van der Waals surface area contributed by atoms with Crippen molar-refractivity contribution in [3.05, 3.63) is 78.4 Å². The molecule has 0 heterocycles. The molecule has 0 aliphatic rings. The lowest BCUT2D eigenvalue weighted by atomic mass is 9.75. The molecule has 230 valence electrons. The van der Waals surface area contributed by atoms with Crippen LogP contribution in [0.4, 0.5) is 5.69 Å². The number of methoxy groups -OCH3 is 2. The first-order valence-electron chi connectivity index (χ1n) is 14.6. The molecule has 5 N–H and O–H groups in total. The number of ether oxygens (including phenoxy) is 2. The van der Waals surface area contributed by atoms with Crippen LogP contribution >= 0.6 is 0 Å². The van der Waals surface area contributed by atoms with Crippen molar-refractivity contribution in [2.75, 3.05) is 19.5 Å². The maximum atomic E-state index is 13.9. The molecule has 0 aliphatic heterocycles. The number of nitrogens with one attached hydrogen (secondary N) is 3. The van der Waals surface area contributed by atoms with Gasteiger partial charge in [-0.15, -0.1) is 0 Å². The molecule has 3 atom stereocenters.